The SMILES string of the molecule is Cc1cc(C)c(-c2cnc(N)cc2C)c(F)c1. The number of aromatic nitrogens is 1. The van der Waals surface area contributed by atoms with Gasteiger partial charge in [0.05, 0.1) is 0 Å². The number of rotatable bonds is 1. The van der Waals surface area contributed by atoms with Crippen molar-refractivity contribution in [2.75, 3.05) is 5.73 Å². The molecule has 2 aromatic rings. The van der Waals surface area contributed by atoms with Crippen LogP contribution in [0.3, 0.4) is 0 Å². The molecule has 0 bridgehead atoms. The minimum atomic E-state index is -0.211. The van der Waals surface area contributed by atoms with Gasteiger partial charge in [-0.15, -0.1) is 0 Å². The smallest absolute Gasteiger partial charge is 0.131 e. The van der Waals surface area contributed by atoms with Crippen LogP contribution >= 0.6 is 0 Å². The second-order valence-electron chi connectivity index (χ2n) is 4.36. The molecule has 0 radical (unpaired) electrons. The van der Waals surface area contributed by atoms with Crippen LogP contribution in [0.15, 0.2) is 24.4 Å². The number of hydrogen-bond acceptors (Lipinski definition) is 2. The number of anilines is 1. The van der Waals surface area contributed by atoms with Crippen molar-refractivity contribution in [2.24, 2.45) is 0 Å². The van der Waals surface area contributed by atoms with Gasteiger partial charge in [-0.05, 0) is 49.6 Å². The van der Waals surface area contributed by atoms with Crippen LogP contribution in [0.25, 0.3) is 11.1 Å². The summed E-state index contributed by atoms with van der Waals surface area (Å²) in [5.41, 5.74) is 9.78. The van der Waals surface area contributed by atoms with Gasteiger partial charge in [-0.25, -0.2) is 9.37 Å². The van der Waals surface area contributed by atoms with Gasteiger partial charge in [-0.1, -0.05) is 6.07 Å². The first kappa shape index (κ1) is 11.6. The summed E-state index contributed by atoms with van der Waals surface area (Å²) in [4.78, 5) is 4.03. The van der Waals surface area contributed by atoms with Gasteiger partial charge >= 0.3 is 0 Å². The highest BCUT2D eigenvalue weighted by Crippen LogP contribution is 2.30. The average Bonchev–Trinajstić information content (AvgIpc) is 2.19. The maximum absolute atomic E-state index is 14.0. The third-order valence-corrected chi connectivity index (χ3v) is 2.83. The van der Waals surface area contributed by atoms with E-state index >= 15 is 0 Å². The fraction of sp³-hybridized carbons (Fsp3) is 0.214. The number of aryl methyl sites for hydroxylation is 3. The van der Waals surface area contributed by atoms with Crippen molar-refractivity contribution in [1.82, 2.24) is 4.98 Å². The summed E-state index contributed by atoms with van der Waals surface area (Å²) in [5, 5.41) is 0. The zero-order valence-electron chi connectivity index (χ0n) is 10.2. The van der Waals surface area contributed by atoms with E-state index in [2.05, 4.69) is 4.98 Å². The zero-order chi connectivity index (χ0) is 12.6. The minimum Gasteiger partial charge on any atom is -0.384 e. The summed E-state index contributed by atoms with van der Waals surface area (Å²) in [7, 11) is 0. The Morgan fingerprint density at radius 2 is 1.76 bits per heavy atom. The van der Waals surface area contributed by atoms with E-state index in [9.17, 15) is 4.39 Å². The van der Waals surface area contributed by atoms with E-state index in [1.807, 2.05) is 26.8 Å². The molecule has 2 rings (SSSR count). The van der Waals surface area contributed by atoms with Crippen molar-refractivity contribution in [3.05, 3.63) is 46.9 Å². The van der Waals surface area contributed by atoms with E-state index < -0.39 is 0 Å². The summed E-state index contributed by atoms with van der Waals surface area (Å²) in [6.07, 6.45) is 1.63. The third kappa shape index (κ3) is 2.13. The molecular formula is C14H15FN2. The van der Waals surface area contributed by atoms with Crippen molar-refractivity contribution in [3.63, 3.8) is 0 Å². The van der Waals surface area contributed by atoms with Gasteiger partial charge in [0.2, 0.25) is 0 Å². The molecule has 1 heterocycles. The second kappa shape index (κ2) is 4.17. The monoisotopic (exact) mass is 230 g/mol. The lowest BCUT2D eigenvalue weighted by Crippen LogP contribution is -1.96. The summed E-state index contributed by atoms with van der Waals surface area (Å²) in [5.74, 6) is 0.244. The summed E-state index contributed by atoms with van der Waals surface area (Å²) in [6, 6.07) is 5.26. The molecule has 1 aromatic heterocycles. The molecule has 0 saturated heterocycles. The first-order valence-corrected chi connectivity index (χ1v) is 5.48. The molecule has 88 valence electrons. The van der Waals surface area contributed by atoms with Crippen LogP contribution < -0.4 is 5.73 Å². The van der Waals surface area contributed by atoms with E-state index in [1.165, 1.54) is 6.07 Å². The van der Waals surface area contributed by atoms with Crippen molar-refractivity contribution in [2.45, 2.75) is 20.8 Å². The summed E-state index contributed by atoms with van der Waals surface area (Å²) in [6.45, 7) is 5.70. The van der Waals surface area contributed by atoms with Crippen molar-refractivity contribution in [3.8, 4) is 11.1 Å². The summed E-state index contributed by atoms with van der Waals surface area (Å²) >= 11 is 0. The molecule has 0 amide bonds. The van der Waals surface area contributed by atoms with E-state index in [0.29, 0.717) is 11.4 Å². The molecule has 0 aliphatic carbocycles. The number of nitrogens with two attached hydrogens (primary N) is 1. The molecule has 0 saturated carbocycles. The lowest BCUT2D eigenvalue weighted by atomic mass is 9.96. The first-order chi connectivity index (χ1) is 7.99. The van der Waals surface area contributed by atoms with Gasteiger partial charge < -0.3 is 5.73 Å². The summed E-state index contributed by atoms with van der Waals surface area (Å²) < 4.78 is 14.0. The van der Waals surface area contributed by atoms with Crippen LogP contribution in [0.4, 0.5) is 10.2 Å². The van der Waals surface area contributed by atoms with E-state index in [4.69, 9.17) is 5.73 Å². The lowest BCUT2D eigenvalue weighted by Gasteiger charge is -2.11. The standard InChI is InChI=1S/C14H15FN2/c1-8-4-10(3)14(12(15)5-8)11-7-17-13(16)6-9(11)2/h4-7H,1-3H3,(H2,16,17). The number of pyridine rings is 1. The van der Waals surface area contributed by atoms with Gasteiger partial charge in [-0.3, -0.25) is 0 Å². The highest BCUT2D eigenvalue weighted by atomic mass is 19.1. The molecule has 0 aliphatic rings. The molecule has 0 aliphatic heterocycles. The van der Waals surface area contributed by atoms with Crippen molar-refractivity contribution < 1.29 is 4.39 Å². The Morgan fingerprint density at radius 1 is 1.06 bits per heavy atom. The van der Waals surface area contributed by atoms with Gasteiger partial charge in [-0.2, -0.15) is 0 Å². The predicted molar refractivity (Wildman–Crippen MR) is 68.3 cm³/mol. The molecule has 0 atom stereocenters. The zero-order valence-corrected chi connectivity index (χ0v) is 10.2. The molecule has 0 spiro atoms. The van der Waals surface area contributed by atoms with Crippen LogP contribution in [0.5, 0.6) is 0 Å². The number of benzene rings is 1. The van der Waals surface area contributed by atoms with E-state index in [-0.39, 0.29) is 5.82 Å². The number of halogens is 1. The van der Waals surface area contributed by atoms with Gasteiger partial charge in [0.1, 0.15) is 11.6 Å². The molecular weight excluding hydrogens is 215 g/mol. The maximum atomic E-state index is 14.0. The lowest BCUT2D eigenvalue weighted by molar-refractivity contribution is 0.629. The Hall–Kier alpha value is -1.90. The Labute approximate surface area is 100 Å². The molecule has 3 heteroatoms. The third-order valence-electron chi connectivity index (χ3n) is 2.83. The predicted octanol–water partition coefficient (Wildman–Crippen LogP) is 3.40. The molecule has 0 fully saturated rings. The highest BCUT2D eigenvalue weighted by Gasteiger charge is 2.12. The fourth-order valence-corrected chi connectivity index (χ4v) is 2.10. The Kier molecular flexibility index (Phi) is 2.84. The van der Waals surface area contributed by atoms with Crippen LogP contribution in [0.2, 0.25) is 0 Å². The first-order valence-electron chi connectivity index (χ1n) is 5.48. The number of nitrogen functional groups attached to an aromatic ring is 1. The molecule has 2 nitrogen and oxygen atoms in total. The molecule has 0 unspecified atom stereocenters. The Morgan fingerprint density at radius 3 is 2.35 bits per heavy atom. The van der Waals surface area contributed by atoms with Crippen molar-refractivity contribution >= 4 is 5.82 Å². The van der Waals surface area contributed by atoms with Crippen LogP contribution in [0.1, 0.15) is 16.7 Å². The van der Waals surface area contributed by atoms with Gasteiger partial charge in [0.15, 0.2) is 0 Å². The molecule has 2 N–H and O–H groups in total. The van der Waals surface area contributed by atoms with Gasteiger partial charge in [0.25, 0.3) is 0 Å². The Bertz CT molecular complexity index is 553. The topological polar surface area (TPSA) is 38.9 Å². The van der Waals surface area contributed by atoms with Crippen LogP contribution in [-0.4, -0.2) is 4.98 Å². The number of nitrogens with zero attached hydrogens (tertiary/aromatic N) is 1. The maximum Gasteiger partial charge on any atom is 0.131 e. The second-order valence-corrected chi connectivity index (χ2v) is 4.36. The number of hydrogen-bond donors (Lipinski definition) is 1. The van der Waals surface area contributed by atoms with Crippen LogP contribution in [-0.2, 0) is 0 Å². The van der Waals surface area contributed by atoms with Gasteiger partial charge in [0, 0.05) is 17.3 Å². The molecule has 17 heavy (non-hydrogen) atoms. The van der Waals surface area contributed by atoms with E-state index in [1.54, 1.807) is 12.3 Å². The van der Waals surface area contributed by atoms with Crippen LogP contribution in [0, 0.1) is 26.6 Å². The minimum absolute atomic E-state index is 0.211. The highest BCUT2D eigenvalue weighted by molar-refractivity contribution is 5.71. The average molecular weight is 230 g/mol. The largest absolute Gasteiger partial charge is 0.384 e. The quantitative estimate of drug-likeness (QED) is 0.815. The van der Waals surface area contributed by atoms with E-state index in [0.717, 1.165) is 22.3 Å². The fourth-order valence-electron chi connectivity index (χ4n) is 2.10. The Balaban J connectivity index is 2.68. The van der Waals surface area contributed by atoms with Crippen molar-refractivity contribution in [1.29, 1.82) is 0 Å². The normalized spacial score (nSPS) is 10.6. The molecule has 1 aromatic carbocycles.